The van der Waals surface area contributed by atoms with E-state index in [0.717, 1.165) is 22.7 Å². The average molecular weight is 405 g/mol. The topological polar surface area (TPSA) is 86.8 Å². The monoisotopic (exact) mass is 405 g/mol. The van der Waals surface area contributed by atoms with Crippen molar-refractivity contribution >= 4 is 38.9 Å². The van der Waals surface area contributed by atoms with Crippen LogP contribution in [0.1, 0.15) is 13.3 Å². The summed E-state index contributed by atoms with van der Waals surface area (Å²) in [5, 5.41) is 2.69. The van der Waals surface area contributed by atoms with E-state index in [4.69, 9.17) is 0 Å². The zero-order valence-electron chi connectivity index (χ0n) is 15.4. The molecule has 0 saturated heterocycles. The maximum Gasteiger partial charge on any atom is 0.251 e. The quantitative estimate of drug-likeness (QED) is 0.827. The molecule has 0 radical (unpaired) electrons. The SMILES string of the molecule is CCC(C(=O)N1CC(=O)Nc2ccccc21)N(c1ccc(F)cc1)S(C)(=O)=O. The molecule has 28 heavy (non-hydrogen) atoms. The minimum absolute atomic E-state index is 0.170. The summed E-state index contributed by atoms with van der Waals surface area (Å²) in [6, 6.07) is 10.6. The number of nitrogens with zero attached hydrogens (tertiary/aromatic N) is 2. The Morgan fingerprint density at radius 1 is 1.21 bits per heavy atom. The second-order valence-corrected chi connectivity index (χ2v) is 8.31. The van der Waals surface area contributed by atoms with E-state index in [-0.39, 0.29) is 24.6 Å². The van der Waals surface area contributed by atoms with Crippen LogP contribution in [0.25, 0.3) is 0 Å². The van der Waals surface area contributed by atoms with Gasteiger partial charge in [0.15, 0.2) is 0 Å². The van der Waals surface area contributed by atoms with Gasteiger partial charge in [0.05, 0.1) is 23.3 Å². The number of amides is 2. The lowest BCUT2D eigenvalue weighted by Crippen LogP contribution is -2.53. The third-order valence-electron chi connectivity index (χ3n) is 4.43. The molecule has 1 aliphatic heterocycles. The van der Waals surface area contributed by atoms with Crippen LogP contribution >= 0.6 is 0 Å². The highest BCUT2D eigenvalue weighted by atomic mass is 32.2. The molecule has 0 aliphatic carbocycles. The van der Waals surface area contributed by atoms with E-state index in [1.165, 1.54) is 17.0 Å². The Kier molecular flexibility index (Phi) is 5.37. The molecule has 2 aromatic rings. The number of halogens is 1. The number of sulfonamides is 1. The first-order valence-corrected chi connectivity index (χ1v) is 10.5. The molecule has 0 fully saturated rings. The number of benzene rings is 2. The van der Waals surface area contributed by atoms with Crippen LogP contribution in [-0.2, 0) is 19.6 Å². The number of hydrogen-bond acceptors (Lipinski definition) is 4. The molecule has 2 amide bonds. The summed E-state index contributed by atoms with van der Waals surface area (Å²) >= 11 is 0. The summed E-state index contributed by atoms with van der Waals surface area (Å²) in [5.74, 6) is -1.41. The fourth-order valence-electron chi connectivity index (χ4n) is 3.24. The van der Waals surface area contributed by atoms with E-state index in [1.807, 2.05) is 0 Å². The molecule has 0 saturated carbocycles. The van der Waals surface area contributed by atoms with Gasteiger partial charge in [0.1, 0.15) is 18.4 Å². The number of fused-ring (bicyclic) bond motifs is 1. The van der Waals surface area contributed by atoms with Crippen LogP contribution in [0.5, 0.6) is 0 Å². The average Bonchev–Trinajstić information content (AvgIpc) is 2.65. The number of hydrogen-bond donors (Lipinski definition) is 1. The van der Waals surface area contributed by atoms with E-state index in [1.54, 1.807) is 31.2 Å². The first-order valence-electron chi connectivity index (χ1n) is 8.67. The lowest BCUT2D eigenvalue weighted by Gasteiger charge is -2.36. The van der Waals surface area contributed by atoms with Gasteiger partial charge in [0, 0.05) is 0 Å². The fourth-order valence-corrected chi connectivity index (χ4v) is 4.45. The van der Waals surface area contributed by atoms with Gasteiger partial charge in [-0.15, -0.1) is 0 Å². The van der Waals surface area contributed by atoms with Crippen molar-refractivity contribution in [3.05, 3.63) is 54.3 Å². The van der Waals surface area contributed by atoms with Gasteiger partial charge >= 0.3 is 0 Å². The molecule has 0 bridgehead atoms. The first kappa shape index (κ1) is 19.8. The molecule has 1 N–H and O–H groups in total. The Balaban J connectivity index is 2.04. The highest BCUT2D eigenvalue weighted by Crippen LogP contribution is 2.31. The molecule has 148 valence electrons. The highest BCUT2D eigenvalue weighted by molar-refractivity contribution is 7.92. The van der Waals surface area contributed by atoms with Crippen LogP contribution in [-0.4, -0.2) is 39.1 Å². The molecule has 0 aromatic heterocycles. The van der Waals surface area contributed by atoms with E-state index >= 15 is 0 Å². The number of anilines is 3. The second-order valence-electron chi connectivity index (χ2n) is 6.45. The number of para-hydroxylation sites is 2. The van der Waals surface area contributed by atoms with Crippen LogP contribution in [0.15, 0.2) is 48.5 Å². The molecule has 1 aliphatic rings. The summed E-state index contributed by atoms with van der Waals surface area (Å²) in [6.45, 7) is 1.47. The summed E-state index contributed by atoms with van der Waals surface area (Å²) in [4.78, 5) is 26.7. The smallest absolute Gasteiger partial charge is 0.251 e. The van der Waals surface area contributed by atoms with Crippen molar-refractivity contribution in [2.24, 2.45) is 0 Å². The summed E-state index contributed by atoms with van der Waals surface area (Å²) in [6.07, 6.45) is 1.16. The Morgan fingerprint density at radius 3 is 2.46 bits per heavy atom. The Bertz CT molecular complexity index is 1010. The maximum atomic E-state index is 13.3. The minimum atomic E-state index is -3.85. The van der Waals surface area contributed by atoms with Gasteiger partial charge in [-0.1, -0.05) is 19.1 Å². The van der Waals surface area contributed by atoms with Crippen LogP contribution in [0.3, 0.4) is 0 Å². The number of nitrogens with one attached hydrogen (secondary N) is 1. The van der Waals surface area contributed by atoms with E-state index < -0.39 is 27.8 Å². The molecular formula is C19H20FN3O4S. The summed E-state index contributed by atoms with van der Waals surface area (Å²) < 4.78 is 39.3. The molecule has 2 aromatic carbocycles. The molecule has 0 spiro atoms. The maximum absolute atomic E-state index is 13.3. The Hall–Kier alpha value is -2.94. The van der Waals surface area contributed by atoms with Crippen LogP contribution in [0.4, 0.5) is 21.5 Å². The third-order valence-corrected chi connectivity index (χ3v) is 5.61. The standard InChI is InChI=1S/C19H20FN3O4S/c1-3-16(23(28(2,26)27)14-10-8-13(20)9-11-14)19(25)22-12-18(24)21-15-6-4-5-7-17(15)22/h4-11,16H,3,12H2,1-2H3,(H,21,24). The fraction of sp³-hybridized carbons (Fsp3) is 0.263. The zero-order chi connectivity index (χ0) is 20.5. The lowest BCUT2D eigenvalue weighted by molar-refractivity contribution is -0.122. The van der Waals surface area contributed by atoms with Crippen molar-refractivity contribution in [2.45, 2.75) is 19.4 Å². The number of carbonyl (C=O) groups is 2. The van der Waals surface area contributed by atoms with Crippen LogP contribution in [0.2, 0.25) is 0 Å². The minimum Gasteiger partial charge on any atom is -0.323 e. The highest BCUT2D eigenvalue weighted by Gasteiger charge is 2.37. The Morgan fingerprint density at radius 2 is 1.86 bits per heavy atom. The number of rotatable bonds is 5. The van der Waals surface area contributed by atoms with Gasteiger partial charge in [-0.3, -0.25) is 18.8 Å². The zero-order valence-corrected chi connectivity index (χ0v) is 16.2. The molecule has 1 heterocycles. The van der Waals surface area contributed by atoms with Crippen molar-refractivity contribution in [3.8, 4) is 0 Å². The lowest BCUT2D eigenvalue weighted by atomic mass is 10.1. The summed E-state index contributed by atoms with van der Waals surface area (Å²) in [7, 11) is -3.85. The predicted octanol–water partition coefficient (Wildman–Crippen LogP) is 2.36. The van der Waals surface area contributed by atoms with Crippen LogP contribution in [0, 0.1) is 5.82 Å². The van der Waals surface area contributed by atoms with Crippen LogP contribution < -0.4 is 14.5 Å². The summed E-state index contributed by atoms with van der Waals surface area (Å²) in [5.41, 5.74) is 1.16. The normalized spacial score (nSPS) is 14.8. The van der Waals surface area contributed by atoms with Crippen molar-refractivity contribution < 1.29 is 22.4 Å². The molecular weight excluding hydrogens is 385 g/mol. The van der Waals surface area contributed by atoms with Gasteiger partial charge < -0.3 is 5.32 Å². The van der Waals surface area contributed by atoms with Crippen molar-refractivity contribution in [3.63, 3.8) is 0 Å². The molecule has 9 heteroatoms. The van der Waals surface area contributed by atoms with Gasteiger partial charge in [-0.2, -0.15) is 0 Å². The number of carbonyl (C=O) groups excluding carboxylic acids is 2. The van der Waals surface area contributed by atoms with Crippen molar-refractivity contribution in [2.75, 3.05) is 27.3 Å². The Labute approximate surface area is 162 Å². The molecule has 7 nitrogen and oxygen atoms in total. The van der Waals surface area contributed by atoms with Gasteiger partial charge in [-0.25, -0.2) is 12.8 Å². The molecule has 3 rings (SSSR count). The molecule has 1 unspecified atom stereocenters. The van der Waals surface area contributed by atoms with Gasteiger partial charge in [-0.05, 0) is 42.8 Å². The first-order chi connectivity index (χ1) is 13.2. The van der Waals surface area contributed by atoms with Gasteiger partial charge in [0.2, 0.25) is 15.9 Å². The van der Waals surface area contributed by atoms with Gasteiger partial charge in [0.25, 0.3) is 5.91 Å². The van der Waals surface area contributed by atoms with E-state index in [9.17, 15) is 22.4 Å². The second kappa shape index (κ2) is 7.59. The largest absolute Gasteiger partial charge is 0.323 e. The van der Waals surface area contributed by atoms with Crippen molar-refractivity contribution in [1.29, 1.82) is 0 Å². The van der Waals surface area contributed by atoms with E-state index in [2.05, 4.69) is 5.32 Å². The predicted molar refractivity (Wildman–Crippen MR) is 105 cm³/mol. The van der Waals surface area contributed by atoms with E-state index in [0.29, 0.717) is 11.4 Å². The van der Waals surface area contributed by atoms with Crippen molar-refractivity contribution in [1.82, 2.24) is 0 Å². The molecule has 1 atom stereocenters. The third kappa shape index (κ3) is 3.84.